The van der Waals surface area contributed by atoms with Crippen LogP contribution in [0.2, 0.25) is 0 Å². The lowest BCUT2D eigenvalue weighted by Gasteiger charge is -2.38. The van der Waals surface area contributed by atoms with Gasteiger partial charge in [-0.2, -0.15) is 0 Å². The van der Waals surface area contributed by atoms with Crippen molar-refractivity contribution < 1.29 is 18.3 Å². The van der Waals surface area contributed by atoms with E-state index in [1.165, 1.54) is 7.11 Å². The van der Waals surface area contributed by atoms with Crippen molar-refractivity contribution in [1.82, 2.24) is 30.1 Å². The number of piperidine rings is 1. The first-order valence-corrected chi connectivity index (χ1v) is 14.5. The Kier molecular flexibility index (Phi) is 8.80. The molecule has 0 spiro atoms. The van der Waals surface area contributed by atoms with Crippen LogP contribution in [0.3, 0.4) is 0 Å². The van der Waals surface area contributed by atoms with E-state index in [9.17, 15) is 13.6 Å². The lowest BCUT2D eigenvalue weighted by Crippen LogP contribution is -2.49. The molecule has 4 heterocycles. The number of rotatable bonds is 8. The summed E-state index contributed by atoms with van der Waals surface area (Å²) in [6, 6.07) is 4.62. The highest BCUT2D eigenvalue weighted by molar-refractivity contribution is 5.84. The second-order valence-corrected chi connectivity index (χ2v) is 11.4. The van der Waals surface area contributed by atoms with Gasteiger partial charge in [0.05, 0.1) is 19.1 Å². The number of nitrogens with zero attached hydrogens (tertiary/aromatic N) is 6. The molecule has 5 rings (SSSR count). The number of carbonyl (C=O) groups is 1. The number of nitrogens with one attached hydrogen (secondary N) is 1. The Hall–Kier alpha value is -2.92. The maximum Gasteiger partial charge on any atom is 0.316 e. The molecular formula is C29H41F2N7O2. The van der Waals surface area contributed by atoms with Gasteiger partial charge in [-0.15, -0.1) is 0 Å². The Morgan fingerprint density at radius 1 is 1.07 bits per heavy atom. The van der Waals surface area contributed by atoms with Gasteiger partial charge in [0, 0.05) is 88.3 Å². The molecule has 3 aliphatic rings. The van der Waals surface area contributed by atoms with Gasteiger partial charge in [0.25, 0.3) is 5.92 Å². The SMILES string of the molecule is COc1ncc(C(CNC(=O)C2CCCc3nc(N4CCN(C(C)C)CC4)ccc32)N2CCC(F)(F)CC2)cn1. The second kappa shape index (κ2) is 12.3. The van der Waals surface area contributed by atoms with Crippen LogP contribution < -0.4 is 15.0 Å². The predicted octanol–water partition coefficient (Wildman–Crippen LogP) is 3.42. The Morgan fingerprint density at radius 3 is 2.42 bits per heavy atom. The molecule has 1 aliphatic carbocycles. The summed E-state index contributed by atoms with van der Waals surface area (Å²) in [7, 11) is 1.49. The summed E-state index contributed by atoms with van der Waals surface area (Å²) >= 11 is 0. The van der Waals surface area contributed by atoms with E-state index in [0.29, 0.717) is 6.04 Å². The molecule has 1 N–H and O–H groups in total. The normalized spacial score (nSPS) is 22.6. The van der Waals surface area contributed by atoms with Crippen LogP contribution in [-0.4, -0.2) is 95.5 Å². The lowest BCUT2D eigenvalue weighted by molar-refractivity contribution is -0.123. The third-order valence-electron chi connectivity index (χ3n) is 8.62. The molecule has 2 aromatic heterocycles. The number of aromatic nitrogens is 3. The summed E-state index contributed by atoms with van der Waals surface area (Å²) in [5.74, 6) is -1.99. The van der Waals surface area contributed by atoms with Crippen molar-refractivity contribution in [1.29, 1.82) is 0 Å². The molecule has 11 heteroatoms. The fraction of sp³-hybridized carbons (Fsp3) is 0.655. The molecule has 40 heavy (non-hydrogen) atoms. The van der Waals surface area contributed by atoms with E-state index < -0.39 is 5.92 Å². The Morgan fingerprint density at radius 2 is 1.77 bits per heavy atom. The molecule has 0 aromatic carbocycles. The molecular weight excluding hydrogens is 516 g/mol. The molecule has 2 aromatic rings. The minimum absolute atomic E-state index is 0.0529. The van der Waals surface area contributed by atoms with Crippen molar-refractivity contribution >= 4 is 11.7 Å². The molecule has 9 nitrogen and oxygen atoms in total. The Bertz CT molecular complexity index is 1150. The van der Waals surface area contributed by atoms with Crippen molar-refractivity contribution in [2.45, 2.75) is 69.9 Å². The number of amides is 1. The van der Waals surface area contributed by atoms with Gasteiger partial charge >= 0.3 is 6.01 Å². The average molecular weight is 558 g/mol. The van der Waals surface area contributed by atoms with Crippen molar-refractivity contribution in [3.8, 4) is 6.01 Å². The van der Waals surface area contributed by atoms with Gasteiger partial charge in [0.15, 0.2) is 0 Å². The van der Waals surface area contributed by atoms with Gasteiger partial charge in [0.1, 0.15) is 5.82 Å². The van der Waals surface area contributed by atoms with Crippen LogP contribution in [0.5, 0.6) is 6.01 Å². The average Bonchev–Trinajstić information content (AvgIpc) is 2.97. The number of pyridine rings is 1. The highest BCUT2D eigenvalue weighted by atomic mass is 19.3. The minimum atomic E-state index is -2.65. The summed E-state index contributed by atoms with van der Waals surface area (Å²) in [5.41, 5.74) is 2.77. The zero-order valence-corrected chi connectivity index (χ0v) is 23.8. The zero-order valence-electron chi connectivity index (χ0n) is 23.8. The fourth-order valence-corrected chi connectivity index (χ4v) is 6.11. The molecule has 2 atom stereocenters. The molecule has 218 valence electrons. The van der Waals surface area contributed by atoms with Gasteiger partial charge in [0.2, 0.25) is 5.91 Å². The number of ether oxygens (including phenoxy) is 1. The van der Waals surface area contributed by atoms with Crippen molar-refractivity contribution in [3.63, 3.8) is 0 Å². The maximum absolute atomic E-state index is 13.9. The molecule has 2 saturated heterocycles. The van der Waals surface area contributed by atoms with E-state index in [4.69, 9.17) is 9.72 Å². The second-order valence-electron chi connectivity index (χ2n) is 11.4. The van der Waals surface area contributed by atoms with Crippen LogP contribution in [0.1, 0.15) is 68.3 Å². The topological polar surface area (TPSA) is 86.7 Å². The van der Waals surface area contributed by atoms with Crippen molar-refractivity contribution in [2.24, 2.45) is 0 Å². The summed E-state index contributed by atoms with van der Waals surface area (Å²) in [6.07, 6.45) is 5.43. The summed E-state index contributed by atoms with van der Waals surface area (Å²) in [4.78, 5) is 33.8. The number of fused-ring (bicyclic) bond motifs is 1. The number of aryl methyl sites for hydroxylation is 1. The molecule has 1 amide bonds. The van der Waals surface area contributed by atoms with Crippen LogP contribution in [0, 0.1) is 0 Å². The number of anilines is 1. The molecule has 0 bridgehead atoms. The Balaban J connectivity index is 1.26. The summed E-state index contributed by atoms with van der Waals surface area (Å²) in [5, 5.41) is 3.13. The number of hydrogen-bond donors (Lipinski definition) is 1. The first-order chi connectivity index (χ1) is 19.2. The van der Waals surface area contributed by atoms with Crippen LogP contribution in [0.4, 0.5) is 14.6 Å². The van der Waals surface area contributed by atoms with Crippen LogP contribution >= 0.6 is 0 Å². The van der Waals surface area contributed by atoms with Crippen molar-refractivity contribution in [3.05, 3.63) is 41.3 Å². The smallest absolute Gasteiger partial charge is 0.316 e. The number of carbonyl (C=O) groups excluding carboxylic acids is 1. The number of alkyl halides is 2. The van der Waals surface area contributed by atoms with Crippen molar-refractivity contribution in [2.75, 3.05) is 57.8 Å². The molecule has 2 fully saturated rings. The fourth-order valence-electron chi connectivity index (χ4n) is 6.11. The first-order valence-electron chi connectivity index (χ1n) is 14.5. The van der Waals surface area contributed by atoms with E-state index in [0.717, 1.165) is 68.1 Å². The molecule has 0 saturated carbocycles. The molecule has 2 aliphatic heterocycles. The van der Waals surface area contributed by atoms with Gasteiger partial charge in [-0.05, 0) is 44.7 Å². The van der Waals surface area contributed by atoms with E-state index in [2.05, 4.69) is 51.1 Å². The van der Waals surface area contributed by atoms with E-state index in [-0.39, 0.29) is 56.4 Å². The van der Waals surface area contributed by atoms with Gasteiger partial charge < -0.3 is 15.0 Å². The quantitative estimate of drug-likeness (QED) is 0.529. The molecule has 0 radical (unpaired) electrons. The van der Waals surface area contributed by atoms with E-state index >= 15 is 0 Å². The number of piperazine rings is 1. The first kappa shape index (κ1) is 28.6. The van der Waals surface area contributed by atoms with Crippen LogP contribution in [0.15, 0.2) is 24.5 Å². The Labute approximate surface area is 235 Å². The largest absolute Gasteiger partial charge is 0.467 e. The van der Waals surface area contributed by atoms with Crippen LogP contribution in [-0.2, 0) is 11.2 Å². The number of halogens is 2. The monoisotopic (exact) mass is 557 g/mol. The van der Waals surface area contributed by atoms with Crippen LogP contribution in [0.25, 0.3) is 0 Å². The third kappa shape index (κ3) is 6.52. The standard InChI is InChI=1S/C29H41F2N7O2/c1-20(2)36-13-15-38(16-14-36)26-8-7-22-23(5-4-6-24(22)35-26)27(39)32-19-25(21-17-33-28(40-3)34-18-21)37-11-9-29(30,31)10-12-37/h7-8,17-18,20,23,25H,4-6,9-16,19H2,1-3H3,(H,32,39). The van der Waals surface area contributed by atoms with E-state index in [1.54, 1.807) is 12.4 Å². The number of hydrogen-bond acceptors (Lipinski definition) is 8. The predicted molar refractivity (Wildman–Crippen MR) is 149 cm³/mol. The third-order valence-corrected chi connectivity index (χ3v) is 8.62. The highest BCUT2D eigenvalue weighted by Crippen LogP contribution is 2.34. The molecule has 2 unspecified atom stereocenters. The summed E-state index contributed by atoms with van der Waals surface area (Å²) < 4.78 is 32.9. The van der Waals surface area contributed by atoms with Gasteiger partial charge in [-0.3, -0.25) is 14.6 Å². The minimum Gasteiger partial charge on any atom is -0.467 e. The maximum atomic E-state index is 13.9. The zero-order chi connectivity index (χ0) is 28.3. The number of methoxy groups -OCH3 is 1. The highest BCUT2D eigenvalue weighted by Gasteiger charge is 2.37. The van der Waals surface area contributed by atoms with Gasteiger partial charge in [-0.1, -0.05) is 6.07 Å². The summed E-state index contributed by atoms with van der Waals surface area (Å²) in [6.45, 7) is 9.18. The van der Waals surface area contributed by atoms with E-state index in [1.807, 2.05) is 4.90 Å². The van der Waals surface area contributed by atoms with Gasteiger partial charge in [-0.25, -0.2) is 23.7 Å². The number of likely N-dealkylation sites (tertiary alicyclic amines) is 1. The lowest BCUT2D eigenvalue weighted by atomic mass is 9.85.